The van der Waals surface area contributed by atoms with Crippen LogP contribution in [-0.2, 0) is 0 Å². The molecule has 0 radical (unpaired) electrons. The summed E-state index contributed by atoms with van der Waals surface area (Å²) in [5.74, 6) is 0.128. The third-order valence-corrected chi connectivity index (χ3v) is 11.5. The maximum Gasteiger partial charge on any atom is 0.102 e. The molecule has 0 saturated carbocycles. The van der Waals surface area contributed by atoms with Crippen LogP contribution in [-0.4, -0.2) is 9.13 Å². The standard InChI is InChI=1S/C51H30N4/c52-30-33-16-12-23-39(51(33)55-43-24-9-6-17-35(43)36-18-7-10-25-44(36)55)34-22-13-27-46(42(34)31-53)54-45-26-11-8-21-40(45)50-47(54)29-28-41-48(32-14-2-1-3-15-32)37-19-4-5-20-38(37)49(41)50/h1-29,48H. The molecule has 0 amide bonds. The van der Waals surface area contributed by atoms with Gasteiger partial charge in [0.25, 0.3) is 0 Å². The van der Waals surface area contributed by atoms with Gasteiger partial charge in [0.05, 0.1) is 44.6 Å². The van der Waals surface area contributed by atoms with Crippen LogP contribution >= 0.6 is 0 Å². The molecule has 254 valence electrons. The first-order valence-corrected chi connectivity index (χ1v) is 18.5. The van der Waals surface area contributed by atoms with Gasteiger partial charge in [0.1, 0.15) is 12.1 Å². The molecule has 0 N–H and O–H groups in total. The van der Waals surface area contributed by atoms with E-state index in [1.54, 1.807) is 0 Å². The second kappa shape index (κ2) is 11.9. The van der Waals surface area contributed by atoms with Crippen LogP contribution in [0.2, 0.25) is 0 Å². The zero-order valence-corrected chi connectivity index (χ0v) is 29.6. The summed E-state index contributed by atoms with van der Waals surface area (Å²) in [7, 11) is 0. The smallest absolute Gasteiger partial charge is 0.102 e. The van der Waals surface area contributed by atoms with E-state index in [-0.39, 0.29) is 5.92 Å². The van der Waals surface area contributed by atoms with Crippen molar-refractivity contribution in [2.24, 2.45) is 0 Å². The highest BCUT2D eigenvalue weighted by Gasteiger charge is 2.33. The van der Waals surface area contributed by atoms with Gasteiger partial charge in [0.15, 0.2) is 0 Å². The van der Waals surface area contributed by atoms with E-state index in [4.69, 9.17) is 0 Å². The minimum atomic E-state index is 0.128. The molecule has 8 aromatic carbocycles. The molecule has 2 heterocycles. The molecular formula is C51H30N4. The molecule has 0 fully saturated rings. The molecule has 4 nitrogen and oxygen atoms in total. The van der Waals surface area contributed by atoms with Gasteiger partial charge in [-0.1, -0.05) is 140 Å². The van der Waals surface area contributed by atoms with Crippen molar-refractivity contribution >= 4 is 43.6 Å². The Morgan fingerprint density at radius 3 is 1.75 bits per heavy atom. The number of aromatic nitrogens is 2. The molecule has 1 atom stereocenters. The first-order chi connectivity index (χ1) is 27.3. The van der Waals surface area contributed by atoms with Crippen LogP contribution < -0.4 is 0 Å². The first kappa shape index (κ1) is 30.9. The lowest BCUT2D eigenvalue weighted by atomic mass is 9.89. The molecular weight excluding hydrogens is 669 g/mol. The molecule has 55 heavy (non-hydrogen) atoms. The first-order valence-electron chi connectivity index (χ1n) is 18.5. The Kier molecular flexibility index (Phi) is 6.71. The summed E-state index contributed by atoms with van der Waals surface area (Å²) in [5, 5.41) is 26.4. The van der Waals surface area contributed by atoms with Gasteiger partial charge in [-0.25, -0.2) is 0 Å². The third kappa shape index (κ3) is 4.31. The SMILES string of the molecule is N#Cc1cccc(-c2cccc(-n3c4ccccc4c4c5c(ccc43)C(c3ccccc3)c3ccccc3-5)c2C#N)c1-n1c2ccccc2c2ccccc21. The minimum absolute atomic E-state index is 0.128. The van der Waals surface area contributed by atoms with Gasteiger partial charge < -0.3 is 9.13 Å². The van der Waals surface area contributed by atoms with Crippen molar-refractivity contribution in [1.82, 2.24) is 9.13 Å². The topological polar surface area (TPSA) is 57.4 Å². The van der Waals surface area contributed by atoms with E-state index in [2.05, 4.69) is 155 Å². The lowest BCUT2D eigenvalue weighted by Gasteiger charge is -2.18. The number of nitrogens with zero attached hydrogens (tertiary/aromatic N) is 4. The predicted octanol–water partition coefficient (Wildman–Crippen LogP) is 12.5. The van der Waals surface area contributed by atoms with E-state index < -0.39 is 0 Å². The fourth-order valence-corrected chi connectivity index (χ4v) is 9.34. The largest absolute Gasteiger partial charge is 0.308 e. The Hall–Kier alpha value is -7.66. The van der Waals surface area contributed by atoms with Gasteiger partial charge in [-0.15, -0.1) is 0 Å². The second-order valence-corrected chi connectivity index (χ2v) is 14.2. The molecule has 1 unspecified atom stereocenters. The maximum atomic E-state index is 11.2. The number of hydrogen-bond donors (Lipinski definition) is 0. The summed E-state index contributed by atoms with van der Waals surface area (Å²) in [4.78, 5) is 0. The summed E-state index contributed by atoms with van der Waals surface area (Å²) in [5.41, 5.74) is 14.7. The van der Waals surface area contributed by atoms with Crippen LogP contribution in [0, 0.1) is 22.7 Å². The average molecular weight is 699 g/mol. The summed E-state index contributed by atoms with van der Waals surface area (Å²) in [6, 6.07) is 66.3. The Morgan fingerprint density at radius 2 is 1.02 bits per heavy atom. The number of nitriles is 2. The molecule has 2 aromatic heterocycles. The lowest BCUT2D eigenvalue weighted by molar-refractivity contribution is 1.02. The fraction of sp³-hybridized carbons (Fsp3) is 0.0196. The number of fused-ring (bicyclic) bond motifs is 10. The van der Waals surface area contributed by atoms with Gasteiger partial charge in [0, 0.05) is 38.6 Å². The van der Waals surface area contributed by atoms with Crippen LogP contribution in [0.5, 0.6) is 0 Å². The summed E-state index contributed by atoms with van der Waals surface area (Å²) < 4.78 is 4.45. The van der Waals surface area contributed by atoms with Crippen LogP contribution in [0.25, 0.3) is 77.2 Å². The van der Waals surface area contributed by atoms with Gasteiger partial charge in [-0.05, 0) is 64.2 Å². The minimum Gasteiger partial charge on any atom is -0.308 e. The molecule has 4 heteroatoms. The van der Waals surface area contributed by atoms with Crippen molar-refractivity contribution in [1.29, 1.82) is 10.5 Å². The molecule has 1 aliphatic carbocycles. The fourth-order valence-electron chi connectivity index (χ4n) is 9.34. The van der Waals surface area contributed by atoms with Crippen molar-refractivity contribution in [3.63, 3.8) is 0 Å². The van der Waals surface area contributed by atoms with Crippen LogP contribution in [0.3, 0.4) is 0 Å². The van der Waals surface area contributed by atoms with E-state index in [1.165, 1.54) is 33.2 Å². The van der Waals surface area contributed by atoms with E-state index in [0.29, 0.717) is 11.1 Å². The highest BCUT2D eigenvalue weighted by molar-refractivity contribution is 6.18. The van der Waals surface area contributed by atoms with Crippen LogP contribution in [0.1, 0.15) is 33.7 Å². The number of benzene rings is 8. The average Bonchev–Trinajstić information content (AvgIpc) is 3.89. The van der Waals surface area contributed by atoms with Gasteiger partial charge >= 0.3 is 0 Å². The zero-order chi connectivity index (χ0) is 36.6. The van der Waals surface area contributed by atoms with E-state index in [0.717, 1.165) is 60.7 Å². The Bertz CT molecular complexity index is 3240. The molecule has 0 aliphatic heterocycles. The Morgan fingerprint density at radius 1 is 0.418 bits per heavy atom. The number of rotatable bonds is 4. The van der Waals surface area contributed by atoms with Crippen molar-refractivity contribution in [3.8, 4) is 45.8 Å². The quantitative estimate of drug-likeness (QED) is 0.184. The lowest BCUT2D eigenvalue weighted by Crippen LogP contribution is -2.04. The molecule has 10 aromatic rings. The van der Waals surface area contributed by atoms with Gasteiger partial charge in [-0.2, -0.15) is 10.5 Å². The van der Waals surface area contributed by atoms with E-state index in [1.807, 2.05) is 42.5 Å². The maximum absolute atomic E-state index is 11.2. The molecule has 0 bridgehead atoms. The molecule has 11 rings (SSSR count). The van der Waals surface area contributed by atoms with Gasteiger partial charge in [0.2, 0.25) is 0 Å². The Labute approximate surface area is 317 Å². The second-order valence-electron chi connectivity index (χ2n) is 14.2. The summed E-state index contributed by atoms with van der Waals surface area (Å²) in [6.07, 6.45) is 0. The van der Waals surface area contributed by atoms with Crippen molar-refractivity contribution in [2.75, 3.05) is 0 Å². The van der Waals surface area contributed by atoms with Crippen LogP contribution in [0.4, 0.5) is 0 Å². The van der Waals surface area contributed by atoms with E-state index >= 15 is 0 Å². The number of para-hydroxylation sites is 4. The van der Waals surface area contributed by atoms with Gasteiger partial charge in [-0.3, -0.25) is 0 Å². The van der Waals surface area contributed by atoms with Crippen molar-refractivity contribution < 1.29 is 0 Å². The van der Waals surface area contributed by atoms with Crippen molar-refractivity contribution in [2.45, 2.75) is 5.92 Å². The molecule has 0 spiro atoms. The van der Waals surface area contributed by atoms with Crippen molar-refractivity contribution in [3.05, 3.63) is 204 Å². The monoisotopic (exact) mass is 698 g/mol. The summed E-state index contributed by atoms with van der Waals surface area (Å²) >= 11 is 0. The van der Waals surface area contributed by atoms with E-state index in [9.17, 15) is 10.5 Å². The number of hydrogen-bond acceptors (Lipinski definition) is 2. The highest BCUT2D eigenvalue weighted by Crippen LogP contribution is 2.53. The zero-order valence-electron chi connectivity index (χ0n) is 29.6. The third-order valence-electron chi connectivity index (χ3n) is 11.5. The normalized spacial score (nSPS) is 13.2. The molecule has 0 saturated heterocycles. The molecule has 1 aliphatic rings. The Balaban J connectivity index is 1.20. The predicted molar refractivity (Wildman–Crippen MR) is 223 cm³/mol. The summed E-state index contributed by atoms with van der Waals surface area (Å²) in [6.45, 7) is 0. The highest BCUT2D eigenvalue weighted by atomic mass is 15.0. The van der Waals surface area contributed by atoms with Crippen LogP contribution in [0.15, 0.2) is 176 Å².